The fraction of sp³-hybridized carbons (Fsp3) is 0.550. The van der Waals surface area contributed by atoms with Crippen LogP contribution in [-0.2, 0) is 16.8 Å². The topological polar surface area (TPSA) is 92.2 Å². The highest BCUT2D eigenvalue weighted by Crippen LogP contribution is 2.23. The van der Waals surface area contributed by atoms with Gasteiger partial charge in [-0.25, -0.2) is 4.99 Å². The molecule has 2 unspecified atom stereocenters. The maximum absolute atomic E-state index is 10.7. The summed E-state index contributed by atoms with van der Waals surface area (Å²) in [6.45, 7) is 5.92. The summed E-state index contributed by atoms with van der Waals surface area (Å²) in [7, 11) is 0. The van der Waals surface area contributed by atoms with Gasteiger partial charge in [-0.1, -0.05) is 0 Å². The molecule has 3 rings (SSSR count). The predicted octanol–water partition coefficient (Wildman–Crippen LogP) is 2.96. The summed E-state index contributed by atoms with van der Waals surface area (Å²) >= 11 is 0. The Morgan fingerprint density at radius 1 is 1.32 bits per heavy atom. The molecule has 7 nitrogen and oxygen atoms in total. The van der Waals surface area contributed by atoms with Gasteiger partial charge >= 0.3 is 0 Å². The summed E-state index contributed by atoms with van der Waals surface area (Å²) in [6, 6.07) is 7.45. The number of halogens is 1. The van der Waals surface area contributed by atoms with E-state index in [-0.39, 0.29) is 36.6 Å². The fourth-order valence-electron chi connectivity index (χ4n) is 2.98. The number of hydrogen-bond acceptors (Lipinski definition) is 5. The van der Waals surface area contributed by atoms with Crippen LogP contribution in [0.25, 0.3) is 0 Å². The Labute approximate surface area is 182 Å². The van der Waals surface area contributed by atoms with E-state index in [1.165, 1.54) is 0 Å². The number of hydrogen-bond donors (Lipinski definition) is 3. The highest BCUT2D eigenvalue weighted by Gasteiger charge is 2.27. The van der Waals surface area contributed by atoms with Crippen molar-refractivity contribution in [1.29, 1.82) is 0 Å². The van der Waals surface area contributed by atoms with Crippen molar-refractivity contribution in [3.05, 3.63) is 47.8 Å². The molecule has 28 heavy (non-hydrogen) atoms. The van der Waals surface area contributed by atoms with Gasteiger partial charge in [-0.05, 0) is 51.0 Å². The Hall–Kier alpha value is -1.52. The molecule has 0 aromatic carbocycles. The molecule has 0 amide bonds. The van der Waals surface area contributed by atoms with Gasteiger partial charge in [-0.15, -0.1) is 24.0 Å². The van der Waals surface area contributed by atoms with Crippen LogP contribution in [0, 0.1) is 6.92 Å². The fourth-order valence-corrected chi connectivity index (χ4v) is 2.98. The second-order valence-corrected chi connectivity index (χ2v) is 7.12. The van der Waals surface area contributed by atoms with Crippen molar-refractivity contribution in [3.63, 3.8) is 0 Å². The van der Waals surface area contributed by atoms with Crippen molar-refractivity contribution in [2.24, 2.45) is 4.99 Å². The molecule has 1 aliphatic rings. The first-order valence-electron chi connectivity index (χ1n) is 9.48. The van der Waals surface area contributed by atoms with Crippen molar-refractivity contribution in [3.8, 4) is 0 Å². The second-order valence-electron chi connectivity index (χ2n) is 7.12. The standard InChI is InChI=1S/C20H29N3O4.HI/c1-15-7-8-18(27-15)20(2,24)14-23-19(22-13-17-6-4-12-26-17)21-10-9-16-5-3-11-25-16;/h3,5,7-8,11,17,24H,4,6,9-10,12-14H2,1-2H3,(H2,21,22,23);1H. The van der Waals surface area contributed by atoms with Crippen LogP contribution >= 0.6 is 24.0 Å². The lowest BCUT2D eigenvalue weighted by Crippen LogP contribution is -2.42. The van der Waals surface area contributed by atoms with E-state index < -0.39 is 5.60 Å². The van der Waals surface area contributed by atoms with Crippen LogP contribution in [0.5, 0.6) is 0 Å². The van der Waals surface area contributed by atoms with Crippen molar-refractivity contribution >= 4 is 29.9 Å². The molecule has 1 fully saturated rings. The first kappa shape index (κ1) is 22.8. The zero-order valence-corrected chi connectivity index (χ0v) is 18.8. The van der Waals surface area contributed by atoms with E-state index in [4.69, 9.17) is 13.6 Å². The average Bonchev–Trinajstić information content (AvgIpc) is 3.39. The first-order valence-corrected chi connectivity index (χ1v) is 9.48. The Bertz CT molecular complexity index is 722. The molecule has 0 saturated carbocycles. The highest BCUT2D eigenvalue weighted by atomic mass is 127. The van der Waals surface area contributed by atoms with Crippen LogP contribution < -0.4 is 10.6 Å². The van der Waals surface area contributed by atoms with Crippen LogP contribution in [0.3, 0.4) is 0 Å². The number of aliphatic imine (C=N–C) groups is 1. The summed E-state index contributed by atoms with van der Waals surface area (Å²) in [5.41, 5.74) is -1.17. The van der Waals surface area contributed by atoms with Gasteiger partial charge in [0.1, 0.15) is 22.9 Å². The summed E-state index contributed by atoms with van der Waals surface area (Å²) in [5, 5.41) is 17.3. The molecule has 2 atom stereocenters. The van der Waals surface area contributed by atoms with Gasteiger partial charge in [-0.2, -0.15) is 0 Å². The Morgan fingerprint density at radius 2 is 2.18 bits per heavy atom. The zero-order valence-electron chi connectivity index (χ0n) is 16.4. The van der Waals surface area contributed by atoms with Gasteiger partial charge in [0.05, 0.1) is 18.9 Å². The second kappa shape index (κ2) is 10.9. The Morgan fingerprint density at radius 3 is 2.82 bits per heavy atom. The van der Waals surface area contributed by atoms with E-state index in [0.29, 0.717) is 24.8 Å². The number of nitrogens with one attached hydrogen (secondary N) is 2. The SMILES string of the molecule is Cc1ccc(C(C)(O)CN=C(NCCc2ccco2)NCC2CCCO2)o1.I. The van der Waals surface area contributed by atoms with E-state index in [0.717, 1.165) is 37.4 Å². The van der Waals surface area contributed by atoms with Gasteiger partial charge in [0.15, 0.2) is 5.96 Å². The lowest BCUT2D eigenvalue weighted by atomic mass is 10.0. The average molecular weight is 503 g/mol. The van der Waals surface area contributed by atoms with Crippen LogP contribution in [0.1, 0.15) is 37.0 Å². The summed E-state index contributed by atoms with van der Waals surface area (Å²) in [5.74, 6) is 2.83. The number of guanidine groups is 1. The molecule has 0 radical (unpaired) electrons. The van der Waals surface area contributed by atoms with Crippen LogP contribution in [-0.4, -0.2) is 43.4 Å². The van der Waals surface area contributed by atoms with Crippen molar-refractivity contribution in [2.75, 3.05) is 26.2 Å². The molecular formula is C20H30IN3O4. The third kappa shape index (κ3) is 6.82. The van der Waals surface area contributed by atoms with Gasteiger partial charge in [-0.3, -0.25) is 0 Å². The normalized spacial score (nSPS) is 19.1. The number of rotatable bonds is 8. The molecule has 8 heteroatoms. The molecule has 0 spiro atoms. The Balaban J connectivity index is 0.00000280. The monoisotopic (exact) mass is 503 g/mol. The van der Waals surface area contributed by atoms with Crippen LogP contribution in [0.4, 0.5) is 0 Å². The molecule has 1 saturated heterocycles. The van der Waals surface area contributed by atoms with Gasteiger partial charge in [0.2, 0.25) is 0 Å². The smallest absolute Gasteiger partial charge is 0.191 e. The van der Waals surface area contributed by atoms with Crippen LogP contribution in [0.2, 0.25) is 0 Å². The molecule has 3 heterocycles. The molecule has 2 aromatic heterocycles. The minimum Gasteiger partial charge on any atom is -0.469 e. The first-order chi connectivity index (χ1) is 13.0. The molecule has 0 bridgehead atoms. The lowest BCUT2D eigenvalue weighted by molar-refractivity contribution is 0.0428. The van der Waals surface area contributed by atoms with Crippen molar-refractivity contribution < 1.29 is 18.7 Å². The highest BCUT2D eigenvalue weighted by molar-refractivity contribution is 14.0. The number of aryl methyl sites for hydroxylation is 1. The van der Waals surface area contributed by atoms with Gasteiger partial charge in [0, 0.05) is 26.1 Å². The van der Waals surface area contributed by atoms with E-state index in [1.54, 1.807) is 19.3 Å². The number of furan rings is 2. The Kier molecular flexibility index (Phi) is 8.84. The maximum Gasteiger partial charge on any atom is 0.191 e. The quantitative estimate of drug-likeness (QED) is 0.292. The summed E-state index contributed by atoms with van der Waals surface area (Å²) in [4.78, 5) is 4.56. The summed E-state index contributed by atoms with van der Waals surface area (Å²) < 4.78 is 16.6. The third-order valence-corrected chi connectivity index (χ3v) is 4.58. The van der Waals surface area contributed by atoms with E-state index in [9.17, 15) is 5.11 Å². The lowest BCUT2D eigenvalue weighted by Gasteiger charge is -2.20. The van der Waals surface area contributed by atoms with Gasteiger partial charge < -0.3 is 29.3 Å². The largest absolute Gasteiger partial charge is 0.469 e. The van der Waals surface area contributed by atoms with E-state index >= 15 is 0 Å². The van der Waals surface area contributed by atoms with E-state index in [1.807, 2.05) is 25.1 Å². The number of nitrogens with zero attached hydrogens (tertiary/aromatic N) is 1. The predicted molar refractivity (Wildman–Crippen MR) is 118 cm³/mol. The number of ether oxygens (including phenoxy) is 1. The molecule has 156 valence electrons. The molecular weight excluding hydrogens is 473 g/mol. The minimum atomic E-state index is -1.17. The summed E-state index contributed by atoms with van der Waals surface area (Å²) in [6.07, 6.45) is 4.77. The molecule has 0 aliphatic carbocycles. The molecule has 2 aromatic rings. The number of aliphatic hydroxyl groups is 1. The van der Waals surface area contributed by atoms with Crippen LogP contribution in [0.15, 0.2) is 44.4 Å². The molecule has 1 aliphatic heterocycles. The van der Waals surface area contributed by atoms with Crippen molar-refractivity contribution in [2.45, 2.75) is 44.8 Å². The maximum atomic E-state index is 10.7. The molecule has 3 N–H and O–H groups in total. The minimum absolute atomic E-state index is 0. The third-order valence-electron chi connectivity index (χ3n) is 4.58. The zero-order chi connectivity index (χ0) is 19.1. The van der Waals surface area contributed by atoms with Gasteiger partial charge in [0.25, 0.3) is 0 Å². The van der Waals surface area contributed by atoms with E-state index in [2.05, 4.69) is 15.6 Å². The van der Waals surface area contributed by atoms with Crippen molar-refractivity contribution in [1.82, 2.24) is 10.6 Å².